The first kappa shape index (κ1) is 25.2. The summed E-state index contributed by atoms with van der Waals surface area (Å²) in [6.07, 6.45) is 3.00. The third-order valence-electron chi connectivity index (χ3n) is 4.54. The fourth-order valence-corrected chi connectivity index (χ4v) is 2.67. The molecule has 0 spiro atoms. The molecule has 0 radical (unpaired) electrons. The number of aliphatic hydroxyl groups is 1. The maximum atomic E-state index is 13.0. The Labute approximate surface area is 185 Å². The molecule has 2 aromatic rings. The van der Waals surface area contributed by atoms with Gasteiger partial charge in [0.15, 0.2) is 18.2 Å². The van der Waals surface area contributed by atoms with E-state index in [1.807, 2.05) is 6.92 Å². The molecule has 2 atom stereocenters. The number of rotatable bonds is 6. The Morgan fingerprint density at radius 1 is 1.25 bits per heavy atom. The molecule has 1 aliphatic heterocycles. The molecule has 3 rings (SSSR count). The summed E-state index contributed by atoms with van der Waals surface area (Å²) in [5, 5.41) is 11.6. The molecule has 10 heteroatoms. The molecule has 2 heterocycles. The molecule has 1 aliphatic rings. The minimum Gasteiger partial charge on any atom is -0.481 e. The van der Waals surface area contributed by atoms with E-state index < -0.39 is 11.6 Å². The standard InChI is InChI=1S/C12H16N2O3.C10H11F2NO2/c1-8-2-5-11(17-8)12(16)14-9-3-4-10(7-15)13-6-9;1-13(2)9(14)6-15-8-5-3-4-7(11)10(8)12/h3-4,6,8,11,15H,2,5,7H2,1H3,(H,14,16);3-5H,6H2,1-2H3. The third-order valence-corrected chi connectivity index (χ3v) is 4.54. The second-order valence-electron chi connectivity index (χ2n) is 7.33. The van der Waals surface area contributed by atoms with E-state index in [-0.39, 0.29) is 43.0 Å². The fraction of sp³-hybridized carbons (Fsp3) is 0.409. The minimum atomic E-state index is -1.08. The van der Waals surface area contributed by atoms with E-state index in [2.05, 4.69) is 10.3 Å². The smallest absolute Gasteiger partial charge is 0.259 e. The van der Waals surface area contributed by atoms with Crippen molar-refractivity contribution in [1.29, 1.82) is 0 Å². The maximum Gasteiger partial charge on any atom is 0.259 e. The number of ether oxygens (including phenoxy) is 2. The Morgan fingerprint density at radius 3 is 2.56 bits per heavy atom. The summed E-state index contributed by atoms with van der Waals surface area (Å²) in [6, 6.07) is 6.95. The highest BCUT2D eigenvalue weighted by Gasteiger charge is 2.28. The van der Waals surface area contributed by atoms with Crippen molar-refractivity contribution in [3.8, 4) is 5.75 Å². The van der Waals surface area contributed by atoms with Crippen LogP contribution in [-0.4, -0.2) is 59.7 Å². The highest BCUT2D eigenvalue weighted by atomic mass is 19.2. The molecule has 1 aromatic carbocycles. The van der Waals surface area contributed by atoms with E-state index in [0.29, 0.717) is 11.4 Å². The first-order valence-electron chi connectivity index (χ1n) is 10.00. The molecule has 2 amide bonds. The van der Waals surface area contributed by atoms with Crippen molar-refractivity contribution in [2.75, 3.05) is 26.0 Å². The number of halogens is 2. The first-order valence-corrected chi connectivity index (χ1v) is 10.00. The Kier molecular flexibility index (Phi) is 9.48. The van der Waals surface area contributed by atoms with Crippen molar-refractivity contribution in [2.24, 2.45) is 0 Å². The van der Waals surface area contributed by atoms with Crippen LogP contribution in [0.15, 0.2) is 36.5 Å². The number of aromatic nitrogens is 1. The van der Waals surface area contributed by atoms with Crippen LogP contribution in [0.2, 0.25) is 0 Å². The lowest BCUT2D eigenvalue weighted by Gasteiger charge is -2.11. The molecule has 1 fully saturated rings. The van der Waals surface area contributed by atoms with Crippen LogP contribution in [-0.2, 0) is 20.9 Å². The molecule has 32 heavy (non-hydrogen) atoms. The molecule has 2 N–H and O–H groups in total. The average Bonchev–Trinajstić information content (AvgIpc) is 3.22. The molecule has 174 valence electrons. The van der Waals surface area contributed by atoms with Gasteiger partial charge in [-0.3, -0.25) is 14.6 Å². The second kappa shape index (κ2) is 12.1. The van der Waals surface area contributed by atoms with Crippen LogP contribution in [0.4, 0.5) is 14.5 Å². The van der Waals surface area contributed by atoms with Crippen molar-refractivity contribution >= 4 is 17.5 Å². The summed E-state index contributed by atoms with van der Waals surface area (Å²) < 4.78 is 36.0. The van der Waals surface area contributed by atoms with E-state index in [1.165, 1.54) is 23.2 Å². The van der Waals surface area contributed by atoms with Gasteiger partial charge in [0.05, 0.1) is 30.3 Å². The van der Waals surface area contributed by atoms with E-state index in [1.54, 1.807) is 26.2 Å². The zero-order chi connectivity index (χ0) is 23.7. The van der Waals surface area contributed by atoms with Gasteiger partial charge in [-0.25, -0.2) is 4.39 Å². The van der Waals surface area contributed by atoms with Crippen LogP contribution in [0.25, 0.3) is 0 Å². The number of likely N-dealkylation sites (N-methyl/N-ethyl adjacent to an activating group) is 1. The summed E-state index contributed by atoms with van der Waals surface area (Å²) in [5.41, 5.74) is 1.20. The predicted molar refractivity (Wildman–Crippen MR) is 113 cm³/mol. The lowest BCUT2D eigenvalue weighted by atomic mass is 10.2. The Morgan fingerprint density at radius 2 is 2.00 bits per heavy atom. The number of carbonyl (C=O) groups is 2. The number of nitrogens with zero attached hydrogens (tertiary/aromatic N) is 2. The Balaban J connectivity index is 0.000000229. The lowest BCUT2D eigenvalue weighted by Crippen LogP contribution is -2.27. The average molecular weight is 451 g/mol. The van der Waals surface area contributed by atoms with Crippen molar-refractivity contribution in [3.63, 3.8) is 0 Å². The first-order chi connectivity index (χ1) is 15.2. The molecule has 1 aromatic heterocycles. The molecule has 8 nitrogen and oxygen atoms in total. The summed E-state index contributed by atoms with van der Waals surface area (Å²) in [6.45, 7) is 1.55. The van der Waals surface area contributed by atoms with E-state index in [9.17, 15) is 18.4 Å². The van der Waals surface area contributed by atoms with Gasteiger partial charge in [0.1, 0.15) is 6.10 Å². The van der Waals surface area contributed by atoms with Gasteiger partial charge in [0.25, 0.3) is 11.8 Å². The zero-order valence-electron chi connectivity index (χ0n) is 18.2. The number of hydrogen-bond donors (Lipinski definition) is 2. The third kappa shape index (κ3) is 7.54. The van der Waals surface area contributed by atoms with E-state index in [0.717, 1.165) is 18.9 Å². The van der Waals surface area contributed by atoms with E-state index >= 15 is 0 Å². The minimum absolute atomic E-state index is 0.0997. The molecule has 1 saturated heterocycles. The number of benzene rings is 1. The van der Waals surface area contributed by atoms with Gasteiger partial charge in [0, 0.05) is 14.1 Å². The van der Waals surface area contributed by atoms with Crippen LogP contribution < -0.4 is 10.1 Å². The van der Waals surface area contributed by atoms with Crippen molar-refractivity contribution in [3.05, 3.63) is 53.9 Å². The maximum absolute atomic E-state index is 13.0. The molecule has 2 unspecified atom stereocenters. The van der Waals surface area contributed by atoms with Crippen LogP contribution in [0.1, 0.15) is 25.5 Å². The lowest BCUT2D eigenvalue weighted by molar-refractivity contribution is -0.130. The van der Waals surface area contributed by atoms with Gasteiger partial charge in [-0.1, -0.05) is 6.07 Å². The normalized spacial score (nSPS) is 17.2. The number of amides is 2. The molecule has 0 saturated carbocycles. The molecule has 0 aliphatic carbocycles. The number of pyridine rings is 1. The van der Waals surface area contributed by atoms with Crippen molar-refractivity contribution < 1.29 is 33.0 Å². The topological polar surface area (TPSA) is 101 Å². The Hall–Kier alpha value is -3.11. The van der Waals surface area contributed by atoms with Gasteiger partial charge in [-0.2, -0.15) is 4.39 Å². The van der Waals surface area contributed by atoms with Gasteiger partial charge < -0.3 is 24.8 Å². The van der Waals surface area contributed by atoms with Crippen molar-refractivity contribution in [2.45, 2.75) is 38.6 Å². The van der Waals surface area contributed by atoms with Crippen LogP contribution >= 0.6 is 0 Å². The monoisotopic (exact) mass is 451 g/mol. The van der Waals surface area contributed by atoms with Crippen LogP contribution in [0, 0.1) is 11.6 Å². The van der Waals surface area contributed by atoms with Gasteiger partial charge in [0.2, 0.25) is 5.82 Å². The largest absolute Gasteiger partial charge is 0.481 e. The summed E-state index contributed by atoms with van der Waals surface area (Å²) in [4.78, 5) is 28.2. The number of aliphatic hydroxyl groups excluding tert-OH is 1. The van der Waals surface area contributed by atoms with Gasteiger partial charge in [-0.05, 0) is 44.0 Å². The summed E-state index contributed by atoms with van der Waals surface area (Å²) in [7, 11) is 3.10. The molecule has 0 bridgehead atoms. The Bertz CT molecular complexity index is 909. The quantitative estimate of drug-likeness (QED) is 0.700. The summed E-state index contributed by atoms with van der Waals surface area (Å²) in [5.74, 6) is -2.79. The number of carbonyl (C=O) groups excluding carboxylic acids is 2. The molecular weight excluding hydrogens is 424 g/mol. The van der Waals surface area contributed by atoms with Crippen molar-refractivity contribution in [1.82, 2.24) is 9.88 Å². The SMILES string of the molecule is CC1CCC(C(=O)Nc2ccc(CO)nc2)O1.CN(C)C(=O)COc1cccc(F)c1F. The second-order valence-corrected chi connectivity index (χ2v) is 7.33. The number of hydrogen-bond acceptors (Lipinski definition) is 6. The predicted octanol–water partition coefficient (Wildman–Crippen LogP) is 2.51. The van der Waals surface area contributed by atoms with Gasteiger partial charge in [-0.15, -0.1) is 0 Å². The van der Waals surface area contributed by atoms with Gasteiger partial charge >= 0.3 is 0 Å². The van der Waals surface area contributed by atoms with Crippen LogP contribution in [0.5, 0.6) is 5.75 Å². The molecular formula is C22H27F2N3O5. The number of anilines is 1. The zero-order valence-corrected chi connectivity index (χ0v) is 18.2. The van der Waals surface area contributed by atoms with E-state index in [4.69, 9.17) is 14.6 Å². The summed E-state index contributed by atoms with van der Waals surface area (Å²) >= 11 is 0. The van der Waals surface area contributed by atoms with Crippen LogP contribution in [0.3, 0.4) is 0 Å². The fourth-order valence-electron chi connectivity index (χ4n) is 2.67. The number of nitrogens with one attached hydrogen (secondary N) is 1. The highest BCUT2D eigenvalue weighted by molar-refractivity contribution is 5.94. The highest BCUT2D eigenvalue weighted by Crippen LogP contribution is 2.21.